The number of nitrogens with two attached hydrogens (primary N) is 1. The maximum atomic E-state index is 12.3. The van der Waals surface area contributed by atoms with Crippen molar-refractivity contribution >= 4 is 11.9 Å². The van der Waals surface area contributed by atoms with Crippen LogP contribution in [0.15, 0.2) is 24.3 Å². The number of hydrogen-bond acceptors (Lipinski definition) is 5. The Morgan fingerprint density at radius 1 is 1.36 bits per heavy atom. The first-order valence-corrected chi connectivity index (χ1v) is 10.1. The molecule has 7 nitrogen and oxygen atoms in total. The van der Waals surface area contributed by atoms with Gasteiger partial charge in [0.1, 0.15) is 11.8 Å². The number of aromatic hydroxyl groups is 1. The van der Waals surface area contributed by atoms with Gasteiger partial charge in [-0.2, -0.15) is 0 Å². The lowest BCUT2D eigenvalue weighted by atomic mass is 9.79. The number of carboxylic acids is 1. The summed E-state index contributed by atoms with van der Waals surface area (Å²) < 4.78 is 0. The van der Waals surface area contributed by atoms with E-state index in [1.54, 1.807) is 12.1 Å². The molecule has 28 heavy (non-hydrogen) atoms. The highest BCUT2D eigenvalue weighted by Crippen LogP contribution is 2.39. The monoisotopic (exact) mass is 391 g/mol. The largest absolute Gasteiger partial charge is 0.508 e. The van der Waals surface area contributed by atoms with Crippen molar-refractivity contribution in [3.05, 3.63) is 29.8 Å². The number of aliphatic carboxylic acids is 1. The average molecular weight is 392 g/mol. The number of carbonyl (C=O) groups is 2. The topological polar surface area (TPSA) is 116 Å². The van der Waals surface area contributed by atoms with Crippen LogP contribution < -0.4 is 11.1 Å². The van der Waals surface area contributed by atoms with Gasteiger partial charge in [0.05, 0.1) is 0 Å². The number of phenols is 1. The van der Waals surface area contributed by atoms with E-state index >= 15 is 0 Å². The van der Waals surface area contributed by atoms with Crippen molar-refractivity contribution in [1.29, 1.82) is 0 Å². The third-order valence-corrected chi connectivity index (χ3v) is 5.83. The standard InChI is InChI=1S/C21H33N3O4/c1-14-8-11-24(20(15(14)2)16-5-3-6-17(25)13-16)12-9-19(26)23-18(21(27)28)7-4-10-22/h3,5-6,13-15,18,20,25H,4,7-12,22H2,1-2H3,(H,23,26)(H,27,28)/t14-,15-,18+,20?/m1/s1. The van der Waals surface area contributed by atoms with E-state index in [0.717, 1.165) is 18.5 Å². The van der Waals surface area contributed by atoms with Crippen LogP contribution in [-0.2, 0) is 9.59 Å². The summed E-state index contributed by atoms with van der Waals surface area (Å²) in [6, 6.07) is 6.54. The Morgan fingerprint density at radius 2 is 2.11 bits per heavy atom. The molecule has 5 N–H and O–H groups in total. The van der Waals surface area contributed by atoms with Crippen molar-refractivity contribution in [1.82, 2.24) is 10.2 Å². The molecular weight excluding hydrogens is 358 g/mol. The molecule has 156 valence electrons. The molecule has 1 aliphatic heterocycles. The molecule has 1 amide bonds. The summed E-state index contributed by atoms with van der Waals surface area (Å²) in [7, 11) is 0. The quantitative estimate of drug-likeness (QED) is 0.512. The molecule has 1 aliphatic rings. The van der Waals surface area contributed by atoms with E-state index in [2.05, 4.69) is 24.1 Å². The van der Waals surface area contributed by atoms with Gasteiger partial charge in [0, 0.05) is 19.0 Å². The predicted octanol–water partition coefficient (Wildman–Crippen LogP) is 2.11. The molecule has 1 aromatic rings. The van der Waals surface area contributed by atoms with Gasteiger partial charge in [0.15, 0.2) is 0 Å². The minimum Gasteiger partial charge on any atom is -0.508 e. The Hall–Kier alpha value is -2.12. The third-order valence-electron chi connectivity index (χ3n) is 5.83. The van der Waals surface area contributed by atoms with Gasteiger partial charge in [-0.15, -0.1) is 0 Å². The summed E-state index contributed by atoms with van der Waals surface area (Å²) in [6.07, 6.45) is 2.18. The lowest BCUT2D eigenvalue weighted by Crippen LogP contribution is -2.45. The zero-order valence-electron chi connectivity index (χ0n) is 16.8. The molecule has 7 heteroatoms. The first kappa shape index (κ1) is 22.2. The first-order chi connectivity index (χ1) is 13.3. The lowest BCUT2D eigenvalue weighted by Gasteiger charge is -2.43. The van der Waals surface area contributed by atoms with Gasteiger partial charge < -0.3 is 21.3 Å². The smallest absolute Gasteiger partial charge is 0.326 e. The highest BCUT2D eigenvalue weighted by molar-refractivity contribution is 5.83. The Morgan fingerprint density at radius 3 is 2.75 bits per heavy atom. The summed E-state index contributed by atoms with van der Waals surface area (Å²) in [4.78, 5) is 25.9. The Bertz CT molecular complexity index is 667. The maximum Gasteiger partial charge on any atom is 0.326 e. The van der Waals surface area contributed by atoms with Crippen LogP contribution >= 0.6 is 0 Å². The van der Waals surface area contributed by atoms with E-state index in [9.17, 15) is 19.8 Å². The van der Waals surface area contributed by atoms with Gasteiger partial charge in [0.2, 0.25) is 5.91 Å². The van der Waals surface area contributed by atoms with Crippen molar-refractivity contribution in [2.75, 3.05) is 19.6 Å². The molecule has 0 radical (unpaired) electrons. The number of carbonyl (C=O) groups excluding carboxylic acids is 1. The number of piperidine rings is 1. The predicted molar refractivity (Wildman–Crippen MR) is 108 cm³/mol. The van der Waals surface area contributed by atoms with E-state index in [-0.39, 0.29) is 24.1 Å². The summed E-state index contributed by atoms with van der Waals surface area (Å²) in [5.74, 6) is -0.116. The second-order valence-corrected chi connectivity index (χ2v) is 7.84. The van der Waals surface area contributed by atoms with Crippen molar-refractivity contribution in [3.8, 4) is 5.75 Å². The second kappa shape index (κ2) is 10.4. The van der Waals surface area contributed by atoms with E-state index in [0.29, 0.717) is 37.8 Å². The molecular formula is C21H33N3O4. The molecule has 0 saturated carbocycles. The Labute approximate surface area is 166 Å². The van der Waals surface area contributed by atoms with E-state index in [1.807, 2.05) is 12.1 Å². The van der Waals surface area contributed by atoms with Gasteiger partial charge >= 0.3 is 5.97 Å². The van der Waals surface area contributed by atoms with Gasteiger partial charge in [-0.1, -0.05) is 26.0 Å². The molecule has 4 atom stereocenters. The minimum atomic E-state index is -1.03. The SMILES string of the molecule is C[C@@H]1CCN(CCC(=O)N[C@@H](CCCN)C(=O)O)C(c2cccc(O)c2)[C@@H]1C. The summed E-state index contributed by atoms with van der Waals surface area (Å²) in [6.45, 7) is 6.26. The normalized spacial score (nSPS) is 23.9. The summed E-state index contributed by atoms with van der Waals surface area (Å²) >= 11 is 0. The van der Waals surface area contributed by atoms with Crippen molar-refractivity contribution in [3.63, 3.8) is 0 Å². The van der Waals surface area contributed by atoms with Crippen molar-refractivity contribution < 1.29 is 19.8 Å². The zero-order chi connectivity index (χ0) is 20.7. The number of phenolic OH excluding ortho intramolecular Hbond substituents is 1. The van der Waals surface area contributed by atoms with Crippen LogP contribution in [0.4, 0.5) is 0 Å². The number of nitrogens with one attached hydrogen (secondary N) is 1. The number of rotatable bonds is 9. The van der Waals surface area contributed by atoms with Crippen LogP contribution in [0.1, 0.15) is 51.1 Å². The molecule has 1 saturated heterocycles. The van der Waals surface area contributed by atoms with Gasteiger partial charge in [-0.25, -0.2) is 4.79 Å². The van der Waals surface area contributed by atoms with Crippen LogP contribution in [0.25, 0.3) is 0 Å². The maximum absolute atomic E-state index is 12.3. The number of benzene rings is 1. The van der Waals surface area contributed by atoms with E-state index in [1.165, 1.54) is 0 Å². The molecule has 0 bridgehead atoms. The number of hydrogen-bond donors (Lipinski definition) is 4. The molecule has 1 aromatic carbocycles. The number of likely N-dealkylation sites (tertiary alicyclic amines) is 1. The average Bonchev–Trinajstić information content (AvgIpc) is 2.65. The third kappa shape index (κ3) is 5.94. The summed E-state index contributed by atoms with van der Waals surface area (Å²) in [5.41, 5.74) is 6.49. The highest BCUT2D eigenvalue weighted by Gasteiger charge is 2.34. The number of amides is 1. The van der Waals surface area contributed by atoms with Crippen LogP contribution in [-0.4, -0.2) is 52.7 Å². The highest BCUT2D eigenvalue weighted by atomic mass is 16.4. The number of nitrogens with zero attached hydrogens (tertiary/aromatic N) is 1. The Balaban J connectivity index is 2.02. The summed E-state index contributed by atoms with van der Waals surface area (Å²) in [5, 5.41) is 21.7. The van der Waals surface area contributed by atoms with Crippen LogP contribution in [0, 0.1) is 11.8 Å². The van der Waals surface area contributed by atoms with Gasteiger partial charge in [-0.3, -0.25) is 9.69 Å². The number of carboxylic acid groups (broad SMARTS) is 1. The molecule has 0 aliphatic carbocycles. The molecule has 1 heterocycles. The van der Waals surface area contributed by atoms with Gasteiger partial charge in [0.25, 0.3) is 0 Å². The van der Waals surface area contributed by atoms with Gasteiger partial charge in [-0.05, 0) is 61.9 Å². The fraction of sp³-hybridized carbons (Fsp3) is 0.619. The minimum absolute atomic E-state index is 0.121. The first-order valence-electron chi connectivity index (χ1n) is 10.1. The molecule has 2 rings (SSSR count). The molecule has 1 fully saturated rings. The van der Waals surface area contributed by atoms with Crippen LogP contribution in [0.5, 0.6) is 5.75 Å². The van der Waals surface area contributed by atoms with Crippen molar-refractivity contribution in [2.24, 2.45) is 17.6 Å². The fourth-order valence-corrected chi connectivity index (χ4v) is 3.98. The van der Waals surface area contributed by atoms with Crippen LogP contribution in [0.3, 0.4) is 0 Å². The van der Waals surface area contributed by atoms with E-state index < -0.39 is 12.0 Å². The molecule has 0 spiro atoms. The second-order valence-electron chi connectivity index (χ2n) is 7.84. The van der Waals surface area contributed by atoms with Crippen molar-refractivity contribution in [2.45, 2.75) is 51.6 Å². The van der Waals surface area contributed by atoms with E-state index in [4.69, 9.17) is 5.73 Å². The lowest BCUT2D eigenvalue weighted by molar-refractivity contribution is -0.142. The fourth-order valence-electron chi connectivity index (χ4n) is 3.98. The molecule has 0 aromatic heterocycles. The molecule has 1 unspecified atom stereocenters. The zero-order valence-corrected chi connectivity index (χ0v) is 16.8. The van der Waals surface area contributed by atoms with Crippen LogP contribution in [0.2, 0.25) is 0 Å². The Kier molecular flexibility index (Phi) is 8.26.